The number of aryl methyl sites for hydroxylation is 1. The molecule has 0 bridgehead atoms. The Morgan fingerprint density at radius 3 is 2.77 bits per heavy atom. The largest absolute Gasteiger partial charge is 0.308 e. The standard InChI is InChI=1S/C16H20N6O3S/c1-9(2)7-13-17-16(20-18-13)21-19-14-15(23)22(4)11-8-10(3)5-6-12(11)26(14,24)25/h5-6,8-9H,7H2,1-4H3,(H2,17,18,20,21). The van der Waals surface area contributed by atoms with E-state index in [0.29, 0.717) is 23.9 Å². The summed E-state index contributed by atoms with van der Waals surface area (Å²) in [5.41, 5.74) is 3.66. The first-order chi connectivity index (χ1) is 12.2. The summed E-state index contributed by atoms with van der Waals surface area (Å²) in [6.07, 6.45) is 0.692. The third kappa shape index (κ3) is 3.19. The Labute approximate surface area is 151 Å². The van der Waals surface area contributed by atoms with E-state index in [1.807, 2.05) is 20.8 Å². The molecule has 0 radical (unpaired) electrons. The normalized spacial score (nSPS) is 17.7. The minimum Gasteiger partial charge on any atom is -0.308 e. The summed E-state index contributed by atoms with van der Waals surface area (Å²) in [4.78, 5) is 18.0. The number of carbonyl (C=O) groups is 1. The first kappa shape index (κ1) is 18.1. The molecule has 0 fully saturated rings. The van der Waals surface area contributed by atoms with Crippen LogP contribution in [0.5, 0.6) is 0 Å². The van der Waals surface area contributed by atoms with Crippen LogP contribution >= 0.6 is 0 Å². The second-order valence-corrected chi connectivity index (χ2v) is 8.40. The average Bonchev–Trinajstić information content (AvgIpc) is 2.99. The SMILES string of the molecule is Cc1ccc2c(c1)N(C)C(=O)C(=NNc1n[nH]c(CC(C)C)n1)S2(=O)=O. The van der Waals surface area contributed by atoms with Crippen molar-refractivity contribution in [2.24, 2.45) is 11.0 Å². The minimum atomic E-state index is -4.03. The maximum atomic E-state index is 12.8. The Morgan fingerprint density at radius 2 is 2.08 bits per heavy atom. The van der Waals surface area contributed by atoms with Gasteiger partial charge in [0, 0.05) is 13.5 Å². The van der Waals surface area contributed by atoms with Crippen LogP contribution in [0.15, 0.2) is 28.2 Å². The molecule has 26 heavy (non-hydrogen) atoms. The van der Waals surface area contributed by atoms with E-state index in [0.717, 1.165) is 5.56 Å². The lowest BCUT2D eigenvalue weighted by Crippen LogP contribution is -2.43. The van der Waals surface area contributed by atoms with Gasteiger partial charge in [-0.1, -0.05) is 19.9 Å². The van der Waals surface area contributed by atoms with E-state index in [-0.39, 0.29) is 10.8 Å². The van der Waals surface area contributed by atoms with E-state index < -0.39 is 20.8 Å². The molecule has 0 saturated carbocycles. The van der Waals surface area contributed by atoms with Crippen LogP contribution in [-0.4, -0.2) is 41.6 Å². The summed E-state index contributed by atoms with van der Waals surface area (Å²) >= 11 is 0. The van der Waals surface area contributed by atoms with Crippen LogP contribution in [0, 0.1) is 12.8 Å². The molecule has 1 aliphatic rings. The smallest absolute Gasteiger partial charge is 0.290 e. The highest BCUT2D eigenvalue weighted by atomic mass is 32.2. The Kier molecular flexibility index (Phi) is 4.53. The van der Waals surface area contributed by atoms with Crippen molar-refractivity contribution in [3.05, 3.63) is 29.6 Å². The molecule has 138 valence electrons. The fourth-order valence-corrected chi connectivity index (χ4v) is 4.08. The van der Waals surface area contributed by atoms with Gasteiger partial charge in [0.25, 0.3) is 11.9 Å². The van der Waals surface area contributed by atoms with Crippen molar-refractivity contribution in [3.63, 3.8) is 0 Å². The van der Waals surface area contributed by atoms with Crippen LogP contribution in [0.25, 0.3) is 0 Å². The summed E-state index contributed by atoms with van der Waals surface area (Å²) in [5.74, 6) is 0.427. The molecular formula is C16H20N6O3S. The molecule has 1 aromatic carbocycles. The number of amides is 1. The number of carbonyl (C=O) groups excluding carboxylic acids is 1. The average molecular weight is 376 g/mol. The van der Waals surface area contributed by atoms with E-state index in [4.69, 9.17) is 0 Å². The van der Waals surface area contributed by atoms with Crippen LogP contribution in [0.1, 0.15) is 25.2 Å². The van der Waals surface area contributed by atoms with Crippen LogP contribution in [-0.2, 0) is 21.1 Å². The zero-order valence-electron chi connectivity index (χ0n) is 14.9. The highest BCUT2D eigenvalue weighted by Crippen LogP contribution is 2.32. The first-order valence-electron chi connectivity index (χ1n) is 8.09. The monoisotopic (exact) mass is 376 g/mol. The van der Waals surface area contributed by atoms with E-state index in [9.17, 15) is 13.2 Å². The molecule has 9 nitrogen and oxygen atoms in total. The van der Waals surface area contributed by atoms with E-state index in [2.05, 4.69) is 25.7 Å². The van der Waals surface area contributed by atoms with E-state index in [1.54, 1.807) is 12.1 Å². The predicted molar refractivity (Wildman–Crippen MR) is 97.8 cm³/mol. The fourth-order valence-electron chi connectivity index (χ4n) is 2.62. The van der Waals surface area contributed by atoms with Crippen molar-refractivity contribution in [2.75, 3.05) is 17.4 Å². The Bertz CT molecular complexity index is 993. The number of H-pyrrole nitrogens is 1. The number of nitrogens with zero attached hydrogens (tertiary/aromatic N) is 4. The van der Waals surface area contributed by atoms with E-state index >= 15 is 0 Å². The van der Waals surface area contributed by atoms with Gasteiger partial charge < -0.3 is 4.90 Å². The van der Waals surface area contributed by atoms with Gasteiger partial charge >= 0.3 is 0 Å². The number of nitrogens with one attached hydrogen (secondary N) is 2. The van der Waals surface area contributed by atoms with Gasteiger partial charge in [0.15, 0.2) is 0 Å². The van der Waals surface area contributed by atoms with Gasteiger partial charge in [-0.3, -0.25) is 9.89 Å². The van der Waals surface area contributed by atoms with Crippen molar-refractivity contribution in [3.8, 4) is 0 Å². The number of aromatic nitrogens is 3. The van der Waals surface area contributed by atoms with Crippen molar-refractivity contribution in [1.82, 2.24) is 15.2 Å². The summed E-state index contributed by atoms with van der Waals surface area (Å²) in [7, 11) is -2.52. The number of sulfone groups is 1. The minimum absolute atomic E-state index is 0.0428. The second kappa shape index (κ2) is 6.52. The predicted octanol–water partition coefficient (Wildman–Crippen LogP) is 1.49. The number of rotatable bonds is 4. The molecule has 3 rings (SSSR count). The number of hydrazone groups is 1. The molecule has 0 atom stereocenters. The molecule has 1 aliphatic heterocycles. The Hall–Kier alpha value is -2.75. The van der Waals surface area contributed by atoms with Gasteiger partial charge in [0.2, 0.25) is 14.9 Å². The Morgan fingerprint density at radius 1 is 1.35 bits per heavy atom. The first-order valence-corrected chi connectivity index (χ1v) is 9.57. The molecule has 1 aromatic heterocycles. The molecular weight excluding hydrogens is 356 g/mol. The van der Waals surface area contributed by atoms with E-state index in [1.165, 1.54) is 18.0 Å². The highest BCUT2D eigenvalue weighted by Gasteiger charge is 2.40. The van der Waals surface area contributed by atoms with Gasteiger partial charge in [-0.05, 0) is 30.5 Å². The van der Waals surface area contributed by atoms with Crippen LogP contribution < -0.4 is 10.3 Å². The van der Waals surface area contributed by atoms with Gasteiger partial charge in [0.05, 0.1) is 10.6 Å². The van der Waals surface area contributed by atoms with Crippen molar-refractivity contribution >= 4 is 32.4 Å². The fraction of sp³-hybridized carbons (Fsp3) is 0.375. The third-order valence-corrected chi connectivity index (χ3v) is 5.60. The molecule has 0 aliphatic carbocycles. The molecule has 0 spiro atoms. The van der Waals surface area contributed by atoms with Gasteiger partial charge in [0.1, 0.15) is 5.82 Å². The van der Waals surface area contributed by atoms with Gasteiger partial charge in [-0.25, -0.2) is 13.8 Å². The maximum absolute atomic E-state index is 12.8. The quantitative estimate of drug-likeness (QED) is 0.780. The molecule has 1 amide bonds. The number of anilines is 2. The van der Waals surface area contributed by atoms with Crippen molar-refractivity contribution in [2.45, 2.75) is 32.1 Å². The third-order valence-electron chi connectivity index (χ3n) is 3.90. The van der Waals surface area contributed by atoms with Gasteiger partial charge in [-0.2, -0.15) is 10.1 Å². The summed E-state index contributed by atoms with van der Waals surface area (Å²) in [6, 6.07) is 4.81. The van der Waals surface area contributed by atoms with Crippen molar-refractivity contribution in [1.29, 1.82) is 0 Å². The number of hydrogen-bond acceptors (Lipinski definition) is 7. The molecule has 0 saturated heterocycles. The maximum Gasteiger partial charge on any atom is 0.290 e. The van der Waals surface area contributed by atoms with Crippen molar-refractivity contribution < 1.29 is 13.2 Å². The zero-order valence-corrected chi connectivity index (χ0v) is 15.8. The topological polar surface area (TPSA) is 120 Å². The molecule has 2 N–H and O–H groups in total. The van der Waals surface area contributed by atoms with Crippen LogP contribution in [0.2, 0.25) is 0 Å². The zero-order chi connectivity index (χ0) is 19.1. The molecule has 2 aromatic rings. The lowest BCUT2D eigenvalue weighted by atomic mass is 10.1. The number of fused-ring (bicyclic) bond motifs is 1. The number of aromatic amines is 1. The lowest BCUT2D eigenvalue weighted by molar-refractivity contribution is -0.112. The lowest BCUT2D eigenvalue weighted by Gasteiger charge is -2.26. The summed E-state index contributed by atoms with van der Waals surface area (Å²) in [6.45, 7) is 5.91. The number of hydrogen-bond donors (Lipinski definition) is 2. The molecule has 2 heterocycles. The molecule has 10 heteroatoms. The number of benzene rings is 1. The second-order valence-electron chi connectivity index (χ2n) is 6.57. The Balaban J connectivity index is 1.94. The summed E-state index contributed by atoms with van der Waals surface area (Å²) in [5, 5.41) is 9.88. The summed E-state index contributed by atoms with van der Waals surface area (Å²) < 4.78 is 25.6. The van der Waals surface area contributed by atoms with Gasteiger partial charge in [-0.15, -0.1) is 5.10 Å². The highest BCUT2D eigenvalue weighted by molar-refractivity contribution is 8.08. The van der Waals surface area contributed by atoms with Crippen LogP contribution in [0.4, 0.5) is 11.6 Å². The molecule has 0 unspecified atom stereocenters. The van der Waals surface area contributed by atoms with Crippen LogP contribution in [0.3, 0.4) is 0 Å².